The van der Waals surface area contributed by atoms with Gasteiger partial charge in [0.1, 0.15) is 0 Å². The number of anilines is 1. The lowest BCUT2D eigenvalue weighted by Gasteiger charge is -2.40. The summed E-state index contributed by atoms with van der Waals surface area (Å²) in [4.78, 5) is 19.2. The van der Waals surface area contributed by atoms with E-state index in [2.05, 4.69) is 15.3 Å². The van der Waals surface area contributed by atoms with E-state index in [1.54, 1.807) is 12.5 Å². The first-order valence-corrected chi connectivity index (χ1v) is 7.30. The van der Waals surface area contributed by atoms with Gasteiger partial charge >= 0.3 is 0 Å². The number of imidazole rings is 1. The fraction of sp³-hybridized carbons (Fsp3) is 0.375. The fourth-order valence-electron chi connectivity index (χ4n) is 2.82. The van der Waals surface area contributed by atoms with E-state index in [1.165, 1.54) is 6.42 Å². The van der Waals surface area contributed by atoms with Crippen molar-refractivity contribution in [1.29, 1.82) is 0 Å². The van der Waals surface area contributed by atoms with Crippen molar-refractivity contribution < 1.29 is 4.79 Å². The lowest BCUT2D eigenvalue weighted by atomic mass is 9.66. The highest BCUT2D eigenvalue weighted by Gasteiger charge is 2.37. The quantitative estimate of drug-likeness (QED) is 0.789. The second kappa shape index (κ2) is 5.69. The number of hydrogen-bond donors (Lipinski definition) is 3. The van der Waals surface area contributed by atoms with Crippen molar-refractivity contribution in [2.75, 3.05) is 11.9 Å². The molecule has 5 heteroatoms. The molecule has 0 bridgehead atoms. The molecule has 0 atom stereocenters. The topological polar surface area (TPSA) is 83.8 Å². The molecule has 1 aliphatic rings. The number of amides is 1. The van der Waals surface area contributed by atoms with Crippen molar-refractivity contribution in [3.05, 3.63) is 36.8 Å². The second-order valence-corrected chi connectivity index (χ2v) is 5.83. The molecule has 1 amide bonds. The van der Waals surface area contributed by atoms with Crippen molar-refractivity contribution in [2.45, 2.75) is 25.7 Å². The highest BCUT2D eigenvalue weighted by atomic mass is 16.1. The van der Waals surface area contributed by atoms with Crippen molar-refractivity contribution in [3.8, 4) is 11.3 Å². The van der Waals surface area contributed by atoms with Gasteiger partial charge in [-0.2, -0.15) is 0 Å². The molecule has 0 aliphatic heterocycles. The standard InChI is InChI=1S/C16H20N4O/c17-10-16(6-1-7-16)8-15(21)20-13-4-2-12(3-5-13)14-9-18-11-19-14/h2-5,9,11H,1,6-8,10,17H2,(H,18,19)(H,20,21). The predicted molar refractivity (Wildman–Crippen MR) is 82.6 cm³/mol. The van der Waals surface area contributed by atoms with Crippen LogP contribution in [-0.2, 0) is 4.79 Å². The zero-order valence-electron chi connectivity index (χ0n) is 11.9. The van der Waals surface area contributed by atoms with Crippen LogP contribution in [0.5, 0.6) is 0 Å². The van der Waals surface area contributed by atoms with E-state index in [0.717, 1.165) is 29.8 Å². The Morgan fingerprint density at radius 3 is 2.62 bits per heavy atom. The van der Waals surface area contributed by atoms with Crippen LogP contribution < -0.4 is 11.1 Å². The van der Waals surface area contributed by atoms with Gasteiger partial charge in [-0.1, -0.05) is 18.6 Å². The molecule has 1 heterocycles. The molecule has 1 fully saturated rings. The van der Waals surface area contributed by atoms with Gasteiger partial charge in [0.05, 0.1) is 18.2 Å². The molecular weight excluding hydrogens is 264 g/mol. The molecule has 5 nitrogen and oxygen atoms in total. The Labute approximate surface area is 124 Å². The summed E-state index contributed by atoms with van der Waals surface area (Å²) in [5.41, 5.74) is 8.66. The lowest BCUT2D eigenvalue weighted by Crippen LogP contribution is -2.40. The summed E-state index contributed by atoms with van der Waals surface area (Å²) in [7, 11) is 0. The molecule has 0 saturated heterocycles. The van der Waals surface area contributed by atoms with Gasteiger partial charge in [0.15, 0.2) is 0 Å². The molecular formula is C16H20N4O. The number of carbonyl (C=O) groups excluding carboxylic acids is 1. The minimum atomic E-state index is 0.0416. The monoisotopic (exact) mass is 284 g/mol. The van der Waals surface area contributed by atoms with Crippen LogP contribution in [0.15, 0.2) is 36.8 Å². The molecule has 2 aromatic rings. The average Bonchev–Trinajstić information content (AvgIpc) is 2.98. The van der Waals surface area contributed by atoms with Crippen molar-refractivity contribution in [2.24, 2.45) is 11.1 Å². The Kier molecular flexibility index (Phi) is 3.75. The van der Waals surface area contributed by atoms with E-state index >= 15 is 0 Å². The molecule has 1 aromatic carbocycles. The second-order valence-electron chi connectivity index (χ2n) is 5.83. The number of aromatic amines is 1. The Morgan fingerprint density at radius 2 is 2.10 bits per heavy atom. The largest absolute Gasteiger partial charge is 0.345 e. The van der Waals surface area contributed by atoms with Crippen molar-refractivity contribution in [3.63, 3.8) is 0 Å². The molecule has 0 unspecified atom stereocenters. The molecule has 1 aliphatic carbocycles. The fourth-order valence-corrected chi connectivity index (χ4v) is 2.82. The normalized spacial score (nSPS) is 16.2. The number of nitrogens with zero attached hydrogens (tertiary/aromatic N) is 1. The van der Waals surface area contributed by atoms with Gasteiger partial charge in [-0.15, -0.1) is 0 Å². The van der Waals surface area contributed by atoms with Gasteiger partial charge in [-0.25, -0.2) is 4.98 Å². The minimum Gasteiger partial charge on any atom is -0.345 e. The Hall–Kier alpha value is -2.14. The van der Waals surface area contributed by atoms with Gasteiger partial charge in [0.2, 0.25) is 5.91 Å². The number of rotatable bonds is 5. The molecule has 21 heavy (non-hydrogen) atoms. The van der Waals surface area contributed by atoms with Gasteiger partial charge in [-0.05, 0) is 42.5 Å². The lowest BCUT2D eigenvalue weighted by molar-refractivity contribution is -0.119. The van der Waals surface area contributed by atoms with Crippen LogP contribution in [0.25, 0.3) is 11.3 Å². The van der Waals surface area contributed by atoms with Crippen LogP contribution in [0.1, 0.15) is 25.7 Å². The summed E-state index contributed by atoms with van der Waals surface area (Å²) in [6.45, 7) is 0.596. The maximum absolute atomic E-state index is 12.1. The maximum Gasteiger partial charge on any atom is 0.224 e. The van der Waals surface area contributed by atoms with E-state index < -0.39 is 0 Å². The third kappa shape index (κ3) is 2.97. The predicted octanol–water partition coefficient (Wildman–Crippen LogP) is 2.53. The van der Waals surface area contributed by atoms with Crippen LogP contribution in [0.3, 0.4) is 0 Å². The van der Waals surface area contributed by atoms with E-state index in [1.807, 2.05) is 24.3 Å². The number of aromatic nitrogens is 2. The van der Waals surface area contributed by atoms with E-state index in [4.69, 9.17) is 5.73 Å². The molecule has 1 saturated carbocycles. The molecule has 1 aromatic heterocycles. The third-order valence-corrected chi connectivity index (χ3v) is 4.36. The van der Waals surface area contributed by atoms with E-state index in [9.17, 15) is 4.79 Å². The summed E-state index contributed by atoms with van der Waals surface area (Å²) in [5.74, 6) is 0.0504. The number of benzene rings is 1. The first kappa shape index (κ1) is 13.8. The molecule has 3 rings (SSSR count). The van der Waals surface area contributed by atoms with Crippen LogP contribution >= 0.6 is 0 Å². The average molecular weight is 284 g/mol. The molecule has 0 radical (unpaired) electrons. The zero-order valence-corrected chi connectivity index (χ0v) is 11.9. The summed E-state index contributed by atoms with van der Waals surface area (Å²) in [6.07, 6.45) is 7.26. The highest BCUT2D eigenvalue weighted by molar-refractivity contribution is 5.91. The summed E-state index contributed by atoms with van der Waals surface area (Å²) in [5, 5.41) is 2.95. The minimum absolute atomic E-state index is 0.0416. The van der Waals surface area contributed by atoms with E-state index in [-0.39, 0.29) is 11.3 Å². The molecule has 0 spiro atoms. The summed E-state index contributed by atoms with van der Waals surface area (Å²) in [6, 6.07) is 7.74. The number of hydrogen-bond acceptors (Lipinski definition) is 3. The number of nitrogens with one attached hydrogen (secondary N) is 2. The van der Waals surface area contributed by atoms with Crippen LogP contribution in [0.2, 0.25) is 0 Å². The van der Waals surface area contributed by atoms with Gasteiger partial charge in [-0.3, -0.25) is 4.79 Å². The van der Waals surface area contributed by atoms with Crippen LogP contribution in [-0.4, -0.2) is 22.4 Å². The summed E-state index contributed by atoms with van der Waals surface area (Å²) < 4.78 is 0. The highest BCUT2D eigenvalue weighted by Crippen LogP contribution is 2.43. The SMILES string of the molecule is NCC1(CC(=O)Nc2ccc(-c3cnc[nH]3)cc2)CCC1. The maximum atomic E-state index is 12.1. The molecule has 4 N–H and O–H groups in total. The van der Waals surface area contributed by atoms with Gasteiger partial charge < -0.3 is 16.0 Å². The van der Waals surface area contributed by atoms with Crippen molar-refractivity contribution >= 4 is 11.6 Å². The smallest absolute Gasteiger partial charge is 0.224 e. The Bertz CT molecular complexity index is 594. The Morgan fingerprint density at radius 1 is 1.33 bits per heavy atom. The first-order chi connectivity index (χ1) is 10.2. The molecule has 110 valence electrons. The Balaban J connectivity index is 1.61. The van der Waals surface area contributed by atoms with Gasteiger partial charge in [0, 0.05) is 12.1 Å². The van der Waals surface area contributed by atoms with Crippen molar-refractivity contribution in [1.82, 2.24) is 9.97 Å². The van der Waals surface area contributed by atoms with Gasteiger partial charge in [0.25, 0.3) is 0 Å². The summed E-state index contributed by atoms with van der Waals surface area (Å²) >= 11 is 0. The number of H-pyrrole nitrogens is 1. The number of carbonyl (C=O) groups is 1. The van der Waals surface area contributed by atoms with Crippen LogP contribution in [0, 0.1) is 5.41 Å². The van der Waals surface area contributed by atoms with Crippen LogP contribution in [0.4, 0.5) is 5.69 Å². The first-order valence-electron chi connectivity index (χ1n) is 7.30. The zero-order chi connectivity index (χ0) is 14.7. The number of nitrogens with two attached hydrogens (primary N) is 1. The van der Waals surface area contributed by atoms with E-state index in [0.29, 0.717) is 13.0 Å². The third-order valence-electron chi connectivity index (χ3n) is 4.36.